The Morgan fingerprint density at radius 2 is 1.79 bits per heavy atom. The zero-order valence-corrected chi connectivity index (χ0v) is 12.6. The number of nitrogens with two attached hydrogens (primary N) is 1. The second-order valence-corrected chi connectivity index (χ2v) is 5.29. The van der Waals surface area contributed by atoms with E-state index in [9.17, 15) is 0 Å². The summed E-state index contributed by atoms with van der Waals surface area (Å²) in [6.07, 6.45) is 0.898. The minimum atomic E-state index is 0.0235. The summed E-state index contributed by atoms with van der Waals surface area (Å²) in [6, 6.07) is 16.1. The van der Waals surface area contributed by atoms with Gasteiger partial charge in [0.15, 0.2) is 0 Å². The van der Waals surface area contributed by atoms with E-state index in [4.69, 9.17) is 10.5 Å². The Balaban J connectivity index is 2.14. The molecule has 0 saturated heterocycles. The Morgan fingerprint density at radius 3 is 2.53 bits per heavy atom. The van der Waals surface area contributed by atoms with Crippen molar-refractivity contribution >= 4 is 15.9 Å². The fourth-order valence-electron chi connectivity index (χ4n) is 1.91. The van der Waals surface area contributed by atoms with Crippen molar-refractivity contribution < 1.29 is 4.74 Å². The lowest BCUT2D eigenvalue weighted by atomic mass is 10.0. The zero-order valence-electron chi connectivity index (χ0n) is 11.0. The molecule has 100 valence electrons. The van der Waals surface area contributed by atoms with Gasteiger partial charge in [0.25, 0.3) is 0 Å². The van der Waals surface area contributed by atoms with E-state index in [0.29, 0.717) is 6.61 Å². The third-order valence-corrected chi connectivity index (χ3v) is 3.87. The summed E-state index contributed by atoms with van der Waals surface area (Å²) in [5.41, 5.74) is 8.30. The highest BCUT2D eigenvalue weighted by Gasteiger charge is 2.10. The molecule has 2 aromatic carbocycles. The molecular formula is C16H18BrNO. The van der Waals surface area contributed by atoms with E-state index in [2.05, 4.69) is 22.9 Å². The van der Waals surface area contributed by atoms with Gasteiger partial charge in [-0.25, -0.2) is 0 Å². The minimum absolute atomic E-state index is 0.0235. The van der Waals surface area contributed by atoms with Gasteiger partial charge in [0.1, 0.15) is 12.4 Å². The highest BCUT2D eigenvalue weighted by atomic mass is 79.9. The maximum Gasteiger partial charge on any atom is 0.124 e. The van der Waals surface area contributed by atoms with Crippen LogP contribution in [0.25, 0.3) is 0 Å². The molecule has 2 N–H and O–H groups in total. The first-order chi connectivity index (χ1) is 9.22. The summed E-state index contributed by atoms with van der Waals surface area (Å²) >= 11 is 3.53. The van der Waals surface area contributed by atoms with Crippen LogP contribution in [0, 0.1) is 0 Å². The average Bonchev–Trinajstić information content (AvgIpc) is 2.46. The van der Waals surface area contributed by atoms with Gasteiger partial charge in [0.2, 0.25) is 0 Å². The number of halogens is 1. The lowest BCUT2D eigenvalue weighted by molar-refractivity contribution is 0.300. The molecule has 2 aromatic rings. The van der Waals surface area contributed by atoms with E-state index in [1.807, 2.05) is 48.5 Å². The predicted molar refractivity (Wildman–Crippen MR) is 82.1 cm³/mol. The van der Waals surface area contributed by atoms with Crippen LogP contribution in [0.1, 0.15) is 30.5 Å². The van der Waals surface area contributed by atoms with Crippen molar-refractivity contribution in [2.45, 2.75) is 26.0 Å². The standard InChI is InChI=1S/C16H18BrNO/c1-2-15(18)13-8-4-6-10-16(13)19-11-12-7-3-5-9-14(12)17/h3-10,15H,2,11,18H2,1H3/t15-/m1/s1. The van der Waals surface area contributed by atoms with Crippen molar-refractivity contribution in [1.29, 1.82) is 0 Å². The Hall–Kier alpha value is -1.32. The largest absolute Gasteiger partial charge is 0.489 e. The van der Waals surface area contributed by atoms with Gasteiger partial charge in [-0.2, -0.15) is 0 Å². The van der Waals surface area contributed by atoms with Crippen molar-refractivity contribution in [3.63, 3.8) is 0 Å². The molecule has 2 nitrogen and oxygen atoms in total. The van der Waals surface area contributed by atoms with Gasteiger partial charge < -0.3 is 10.5 Å². The smallest absolute Gasteiger partial charge is 0.124 e. The van der Waals surface area contributed by atoms with Gasteiger partial charge >= 0.3 is 0 Å². The van der Waals surface area contributed by atoms with Gasteiger partial charge in [-0.1, -0.05) is 59.3 Å². The molecule has 0 aromatic heterocycles. The molecule has 0 aliphatic heterocycles. The monoisotopic (exact) mass is 319 g/mol. The van der Waals surface area contributed by atoms with E-state index in [0.717, 1.165) is 27.8 Å². The first-order valence-corrected chi connectivity index (χ1v) is 7.22. The molecule has 0 spiro atoms. The third-order valence-electron chi connectivity index (χ3n) is 3.10. The fourth-order valence-corrected chi connectivity index (χ4v) is 2.31. The van der Waals surface area contributed by atoms with Gasteiger partial charge in [0.05, 0.1) is 0 Å². The third kappa shape index (κ3) is 3.58. The van der Waals surface area contributed by atoms with E-state index in [-0.39, 0.29) is 6.04 Å². The zero-order chi connectivity index (χ0) is 13.7. The van der Waals surface area contributed by atoms with Gasteiger partial charge in [-0.15, -0.1) is 0 Å². The first-order valence-electron chi connectivity index (χ1n) is 6.43. The van der Waals surface area contributed by atoms with Crippen molar-refractivity contribution in [2.24, 2.45) is 5.73 Å². The molecule has 0 fully saturated rings. The van der Waals surface area contributed by atoms with Crippen molar-refractivity contribution in [3.05, 3.63) is 64.1 Å². The van der Waals surface area contributed by atoms with E-state index in [1.54, 1.807) is 0 Å². The van der Waals surface area contributed by atoms with Crippen LogP contribution in [0.5, 0.6) is 5.75 Å². The maximum absolute atomic E-state index is 6.10. The summed E-state index contributed by atoms with van der Waals surface area (Å²) in [5.74, 6) is 0.868. The molecule has 0 aliphatic carbocycles. The Kier molecular flexibility index (Phi) is 5.00. The molecule has 2 rings (SSSR count). The molecule has 1 atom stereocenters. The topological polar surface area (TPSA) is 35.2 Å². The second kappa shape index (κ2) is 6.73. The van der Waals surface area contributed by atoms with Crippen LogP contribution in [-0.4, -0.2) is 0 Å². The van der Waals surface area contributed by atoms with Crippen LogP contribution >= 0.6 is 15.9 Å². The van der Waals surface area contributed by atoms with Crippen LogP contribution < -0.4 is 10.5 Å². The van der Waals surface area contributed by atoms with Crippen LogP contribution in [0.2, 0.25) is 0 Å². The minimum Gasteiger partial charge on any atom is -0.489 e. The maximum atomic E-state index is 6.10. The lowest BCUT2D eigenvalue weighted by Crippen LogP contribution is -2.10. The molecule has 19 heavy (non-hydrogen) atoms. The number of para-hydroxylation sites is 1. The molecule has 0 aliphatic rings. The predicted octanol–water partition coefficient (Wildman–Crippen LogP) is 4.44. The Labute approximate surface area is 122 Å². The van der Waals surface area contributed by atoms with E-state index < -0.39 is 0 Å². The van der Waals surface area contributed by atoms with Gasteiger partial charge in [0, 0.05) is 21.6 Å². The number of benzene rings is 2. The summed E-state index contributed by atoms with van der Waals surface area (Å²) < 4.78 is 6.98. The molecule has 0 unspecified atom stereocenters. The molecule has 0 saturated carbocycles. The quantitative estimate of drug-likeness (QED) is 0.884. The number of hydrogen-bond donors (Lipinski definition) is 1. The van der Waals surface area contributed by atoms with E-state index in [1.165, 1.54) is 0 Å². The molecule has 0 radical (unpaired) electrons. The summed E-state index contributed by atoms with van der Waals surface area (Å²) in [7, 11) is 0. The van der Waals surface area contributed by atoms with Crippen LogP contribution in [0.15, 0.2) is 53.0 Å². The summed E-state index contributed by atoms with van der Waals surface area (Å²) in [4.78, 5) is 0. The highest BCUT2D eigenvalue weighted by molar-refractivity contribution is 9.10. The molecule has 0 heterocycles. The lowest BCUT2D eigenvalue weighted by Gasteiger charge is -2.16. The van der Waals surface area contributed by atoms with Crippen molar-refractivity contribution in [1.82, 2.24) is 0 Å². The van der Waals surface area contributed by atoms with Crippen molar-refractivity contribution in [3.8, 4) is 5.75 Å². The fraction of sp³-hybridized carbons (Fsp3) is 0.250. The van der Waals surface area contributed by atoms with Gasteiger partial charge in [-0.05, 0) is 18.6 Å². The first kappa shape index (κ1) is 14.1. The van der Waals surface area contributed by atoms with Crippen LogP contribution in [-0.2, 0) is 6.61 Å². The van der Waals surface area contributed by atoms with Crippen LogP contribution in [0.4, 0.5) is 0 Å². The Bertz CT molecular complexity index is 542. The van der Waals surface area contributed by atoms with Crippen molar-refractivity contribution in [2.75, 3.05) is 0 Å². The molecular weight excluding hydrogens is 302 g/mol. The number of hydrogen-bond acceptors (Lipinski definition) is 2. The summed E-state index contributed by atoms with van der Waals surface area (Å²) in [6.45, 7) is 2.62. The van der Waals surface area contributed by atoms with Crippen LogP contribution in [0.3, 0.4) is 0 Å². The molecule has 3 heteroatoms. The summed E-state index contributed by atoms with van der Waals surface area (Å²) in [5, 5.41) is 0. The SMILES string of the molecule is CC[C@@H](N)c1ccccc1OCc1ccccc1Br. The molecule has 0 amide bonds. The highest BCUT2D eigenvalue weighted by Crippen LogP contribution is 2.27. The van der Waals surface area contributed by atoms with E-state index >= 15 is 0 Å². The second-order valence-electron chi connectivity index (χ2n) is 4.43. The molecule has 0 bridgehead atoms. The Morgan fingerprint density at radius 1 is 1.11 bits per heavy atom. The average molecular weight is 320 g/mol. The van der Waals surface area contributed by atoms with Gasteiger partial charge in [-0.3, -0.25) is 0 Å². The normalized spacial score (nSPS) is 12.2. The number of rotatable bonds is 5. The number of ether oxygens (including phenoxy) is 1.